The molecule has 0 heterocycles. The van der Waals surface area contributed by atoms with Gasteiger partial charge in [-0.05, 0) is 42.8 Å². The number of nitrogens with one attached hydrogen (secondary N) is 1. The van der Waals surface area contributed by atoms with Crippen LogP contribution in [0.25, 0.3) is 0 Å². The Morgan fingerprint density at radius 3 is 2.38 bits per heavy atom. The lowest BCUT2D eigenvalue weighted by Gasteiger charge is -2.14. The molecule has 0 saturated heterocycles. The van der Waals surface area contributed by atoms with Crippen LogP contribution in [0.1, 0.15) is 15.9 Å². The smallest absolute Gasteiger partial charge is 0.255 e. The number of hydrogen-bond donors (Lipinski definition) is 1. The Morgan fingerprint density at radius 2 is 1.75 bits per heavy atom. The van der Waals surface area contributed by atoms with Crippen LogP contribution in [-0.2, 0) is 10.0 Å². The summed E-state index contributed by atoms with van der Waals surface area (Å²) in [5, 5.41) is 3.30. The van der Waals surface area contributed by atoms with Gasteiger partial charge in [0.1, 0.15) is 4.90 Å². The van der Waals surface area contributed by atoms with Crippen molar-refractivity contribution in [2.45, 2.75) is 11.8 Å². The molecule has 2 rings (SSSR count). The first-order chi connectivity index (χ1) is 11.1. The van der Waals surface area contributed by atoms with Crippen molar-refractivity contribution in [3.05, 3.63) is 57.6 Å². The zero-order chi connectivity index (χ0) is 18.1. The van der Waals surface area contributed by atoms with Crippen molar-refractivity contribution in [1.29, 1.82) is 0 Å². The maximum atomic E-state index is 12.4. The summed E-state index contributed by atoms with van der Waals surface area (Å²) in [6.45, 7) is 1.78. The van der Waals surface area contributed by atoms with Crippen LogP contribution < -0.4 is 5.32 Å². The van der Waals surface area contributed by atoms with Crippen molar-refractivity contribution in [1.82, 2.24) is 4.31 Å². The number of amides is 1. The Kier molecular flexibility index (Phi) is 5.55. The number of carbonyl (C=O) groups is 1. The summed E-state index contributed by atoms with van der Waals surface area (Å²) < 4.78 is 25.6. The molecule has 1 N–H and O–H groups in total. The monoisotopic (exact) mass is 386 g/mol. The zero-order valence-corrected chi connectivity index (χ0v) is 15.6. The lowest BCUT2D eigenvalue weighted by molar-refractivity contribution is 0.102. The average Bonchev–Trinajstić information content (AvgIpc) is 2.51. The molecule has 0 radical (unpaired) electrons. The Balaban J connectivity index is 2.40. The van der Waals surface area contributed by atoms with E-state index in [1.54, 1.807) is 25.1 Å². The Hall–Kier alpha value is -1.60. The minimum absolute atomic E-state index is 0.0548. The first-order valence-corrected chi connectivity index (χ1v) is 9.12. The van der Waals surface area contributed by atoms with Crippen molar-refractivity contribution in [3.63, 3.8) is 0 Å². The van der Waals surface area contributed by atoms with Gasteiger partial charge in [0.2, 0.25) is 10.0 Å². The highest BCUT2D eigenvalue weighted by atomic mass is 35.5. The molecule has 0 aliphatic heterocycles. The molecule has 5 nitrogen and oxygen atoms in total. The summed E-state index contributed by atoms with van der Waals surface area (Å²) in [4.78, 5) is 12.3. The standard InChI is InChI=1S/C16H16Cl2N2O3S/c1-10-12(17)5-4-6-14(10)19-16(21)11-7-8-13(18)15(9-11)24(22,23)20(2)3/h4-9H,1-3H3,(H,19,21). The molecule has 0 atom stereocenters. The third kappa shape index (κ3) is 3.72. The molecule has 0 fully saturated rings. The van der Waals surface area contributed by atoms with Gasteiger partial charge in [-0.25, -0.2) is 12.7 Å². The second-order valence-corrected chi connectivity index (χ2v) is 8.23. The Morgan fingerprint density at radius 1 is 1.08 bits per heavy atom. The maximum absolute atomic E-state index is 12.4. The van der Waals surface area contributed by atoms with Gasteiger partial charge in [0.05, 0.1) is 5.02 Å². The van der Waals surface area contributed by atoms with Crippen molar-refractivity contribution in [3.8, 4) is 0 Å². The SMILES string of the molecule is Cc1c(Cl)cccc1NC(=O)c1ccc(Cl)c(S(=O)(=O)N(C)C)c1. The van der Waals surface area contributed by atoms with Gasteiger partial charge >= 0.3 is 0 Å². The van der Waals surface area contributed by atoms with E-state index in [2.05, 4.69) is 5.32 Å². The lowest BCUT2D eigenvalue weighted by atomic mass is 10.1. The largest absolute Gasteiger partial charge is 0.322 e. The molecule has 2 aromatic carbocycles. The third-order valence-electron chi connectivity index (χ3n) is 3.47. The van der Waals surface area contributed by atoms with Crippen molar-refractivity contribution >= 4 is 44.8 Å². The van der Waals surface area contributed by atoms with Gasteiger partial charge in [-0.1, -0.05) is 29.3 Å². The van der Waals surface area contributed by atoms with Gasteiger partial charge in [0.25, 0.3) is 5.91 Å². The normalized spacial score (nSPS) is 11.6. The van der Waals surface area contributed by atoms with E-state index in [-0.39, 0.29) is 15.5 Å². The van der Waals surface area contributed by atoms with Gasteiger partial charge in [-0.2, -0.15) is 0 Å². The van der Waals surface area contributed by atoms with Crippen LogP contribution >= 0.6 is 23.2 Å². The summed E-state index contributed by atoms with van der Waals surface area (Å²) in [5.74, 6) is -0.452. The summed E-state index contributed by atoms with van der Waals surface area (Å²) in [6, 6.07) is 9.26. The van der Waals surface area contributed by atoms with E-state index in [1.807, 2.05) is 0 Å². The number of rotatable bonds is 4. The van der Waals surface area contributed by atoms with Crippen LogP contribution in [0, 0.1) is 6.92 Å². The van der Waals surface area contributed by atoms with Gasteiger partial charge in [0.15, 0.2) is 0 Å². The zero-order valence-electron chi connectivity index (χ0n) is 13.3. The summed E-state index contributed by atoms with van der Waals surface area (Å²) in [7, 11) is -0.958. The fourth-order valence-corrected chi connectivity index (χ4v) is 3.54. The molecule has 128 valence electrons. The lowest BCUT2D eigenvalue weighted by Crippen LogP contribution is -2.23. The van der Waals surface area contributed by atoms with E-state index in [0.29, 0.717) is 10.7 Å². The number of nitrogens with zero attached hydrogens (tertiary/aromatic N) is 1. The molecule has 0 saturated carbocycles. The minimum Gasteiger partial charge on any atom is -0.322 e. The first kappa shape index (κ1) is 18.7. The van der Waals surface area contributed by atoms with E-state index in [0.717, 1.165) is 9.87 Å². The van der Waals surface area contributed by atoms with Crippen LogP contribution in [0.3, 0.4) is 0 Å². The fraction of sp³-hybridized carbons (Fsp3) is 0.188. The van der Waals surface area contributed by atoms with E-state index in [4.69, 9.17) is 23.2 Å². The highest BCUT2D eigenvalue weighted by Gasteiger charge is 2.22. The molecule has 0 bridgehead atoms. The Labute approximate surface area is 151 Å². The predicted molar refractivity (Wildman–Crippen MR) is 96.5 cm³/mol. The minimum atomic E-state index is -3.75. The van der Waals surface area contributed by atoms with Gasteiger partial charge in [-0.3, -0.25) is 4.79 Å². The number of benzene rings is 2. The molecule has 2 aromatic rings. The highest BCUT2D eigenvalue weighted by Crippen LogP contribution is 2.26. The summed E-state index contributed by atoms with van der Waals surface area (Å²) >= 11 is 12.0. The van der Waals surface area contributed by atoms with Crippen LogP contribution in [0.15, 0.2) is 41.3 Å². The van der Waals surface area contributed by atoms with Crippen LogP contribution in [-0.4, -0.2) is 32.7 Å². The van der Waals surface area contributed by atoms with Gasteiger partial charge in [-0.15, -0.1) is 0 Å². The molecule has 0 aliphatic carbocycles. The van der Waals surface area contributed by atoms with Crippen molar-refractivity contribution in [2.24, 2.45) is 0 Å². The molecular formula is C16H16Cl2N2O3S. The summed E-state index contributed by atoms with van der Waals surface area (Å²) in [5.41, 5.74) is 1.46. The van der Waals surface area contributed by atoms with E-state index < -0.39 is 15.9 Å². The average molecular weight is 387 g/mol. The van der Waals surface area contributed by atoms with Gasteiger partial charge < -0.3 is 5.32 Å². The molecule has 0 aromatic heterocycles. The summed E-state index contributed by atoms with van der Waals surface area (Å²) in [6.07, 6.45) is 0. The number of carbonyl (C=O) groups excluding carboxylic acids is 1. The van der Waals surface area contributed by atoms with Crippen molar-refractivity contribution < 1.29 is 13.2 Å². The Bertz CT molecular complexity index is 896. The third-order valence-corrected chi connectivity index (χ3v) is 6.17. The highest BCUT2D eigenvalue weighted by molar-refractivity contribution is 7.89. The molecule has 1 amide bonds. The second-order valence-electron chi connectivity index (χ2n) is 5.30. The quantitative estimate of drug-likeness (QED) is 0.868. The molecule has 24 heavy (non-hydrogen) atoms. The molecule has 0 unspecified atom stereocenters. The van der Waals surface area contributed by atoms with Gasteiger partial charge in [0, 0.05) is 30.4 Å². The number of anilines is 1. The predicted octanol–water partition coefficient (Wildman–Crippen LogP) is 3.80. The number of sulfonamides is 1. The van der Waals surface area contributed by atoms with E-state index in [1.165, 1.54) is 32.3 Å². The fourth-order valence-electron chi connectivity index (χ4n) is 1.98. The molecule has 0 spiro atoms. The van der Waals surface area contributed by atoms with E-state index >= 15 is 0 Å². The maximum Gasteiger partial charge on any atom is 0.255 e. The number of halogens is 2. The topological polar surface area (TPSA) is 66.5 Å². The van der Waals surface area contributed by atoms with E-state index in [9.17, 15) is 13.2 Å². The van der Waals surface area contributed by atoms with Crippen LogP contribution in [0.5, 0.6) is 0 Å². The van der Waals surface area contributed by atoms with Crippen LogP contribution in [0.4, 0.5) is 5.69 Å². The number of hydrogen-bond acceptors (Lipinski definition) is 3. The molecular weight excluding hydrogens is 371 g/mol. The first-order valence-electron chi connectivity index (χ1n) is 6.93. The second kappa shape index (κ2) is 7.11. The van der Waals surface area contributed by atoms with Crippen LogP contribution in [0.2, 0.25) is 10.0 Å². The molecule has 0 aliphatic rings. The van der Waals surface area contributed by atoms with Crippen molar-refractivity contribution in [2.75, 3.05) is 19.4 Å². The molecule has 8 heteroatoms.